The van der Waals surface area contributed by atoms with E-state index in [1.54, 1.807) is 16.6 Å². The molecule has 0 bridgehead atoms. The Morgan fingerprint density at radius 3 is 2.57 bits per heavy atom. The molecule has 1 N–H and O–H groups in total. The van der Waals surface area contributed by atoms with Crippen LogP contribution in [-0.4, -0.2) is 56.2 Å². The van der Waals surface area contributed by atoms with Gasteiger partial charge in [0.15, 0.2) is 5.65 Å². The Labute approximate surface area is 174 Å². The van der Waals surface area contributed by atoms with Gasteiger partial charge in [0, 0.05) is 18.7 Å². The molecule has 0 amide bonds. The monoisotopic (exact) mass is 405 g/mol. The minimum absolute atomic E-state index is 0.257. The fraction of sp³-hybridized carbons (Fsp3) is 0.318. The average molecular weight is 405 g/mol. The van der Waals surface area contributed by atoms with Crippen LogP contribution in [-0.2, 0) is 0 Å². The molecule has 0 aliphatic carbocycles. The number of nitrogens with one attached hydrogen (secondary N) is 1. The maximum atomic E-state index is 13.5. The van der Waals surface area contributed by atoms with Crippen LogP contribution in [0.3, 0.4) is 0 Å². The van der Waals surface area contributed by atoms with E-state index in [0.717, 1.165) is 60.0 Å². The van der Waals surface area contributed by atoms with Gasteiger partial charge in [-0.15, -0.1) is 0 Å². The van der Waals surface area contributed by atoms with Crippen LogP contribution >= 0.6 is 0 Å². The van der Waals surface area contributed by atoms with Crippen LogP contribution in [0.25, 0.3) is 28.3 Å². The van der Waals surface area contributed by atoms with Crippen LogP contribution in [0.4, 0.5) is 10.2 Å². The summed E-state index contributed by atoms with van der Waals surface area (Å²) in [6.07, 6.45) is 5.88. The first kappa shape index (κ1) is 18.7. The Balaban J connectivity index is 1.65. The molecule has 30 heavy (non-hydrogen) atoms. The fourth-order valence-corrected chi connectivity index (χ4v) is 4.11. The Morgan fingerprint density at radius 2 is 1.83 bits per heavy atom. The molecule has 3 aromatic heterocycles. The molecule has 0 saturated carbocycles. The minimum Gasteiger partial charge on any atom is -0.372 e. The molecule has 1 aromatic carbocycles. The van der Waals surface area contributed by atoms with Crippen molar-refractivity contribution in [3.05, 3.63) is 54.7 Å². The van der Waals surface area contributed by atoms with Gasteiger partial charge in [0.05, 0.1) is 23.9 Å². The van der Waals surface area contributed by atoms with Crippen LogP contribution in [0.2, 0.25) is 0 Å². The number of hydrogen-bond donors (Lipinski definition) is 1. The van der Waals surface area contributed by atoms with Crippen molar-refractivity contribution < 1.29 is 4.39 Å². The van der Waals surface area contributed by atoms with Crippen LogP contribution in [0.1, 0.15) is 18.9 Å². The Hall–Kier alpha value is -3.26. The third kappa shape index (κ3) is 3.33. The van der Waals surface area contributed by atoms with E-state index >= 15 is 0 Å². The van der Waals surface area contributed by atoms with E-state index in [9.17, 15) is 4.39 Å². The van der Waals surface area contributed by atoms with Crippen LogP contribution in [0, 0.1) is 5.82 Å². The van der Waals surface area contributed by atoms with Crippen LogP contribution in [0.5, 0.6) is 0 Å². The number of piperidine rings is 1. The first-order chi connectivity index (χ1) is 14.6. The van der Waals surface area contributed by atoms with Crippen molar-refractivity contribution in [3.8, 4) is 22.6 Å². The zero-order valence-electron chi connectivity index (χ0n) is 17.1. The zero-order chi connectivity index (χ0) is 20.7. The molecule has 1 aliphatic rings. The number of hydrogen-bond acceptors (Lipinski definition) is 5. The molecule has 154 valence electrons. The predicted octanol–water partition coefficient (Wildman–Crippen LogP) is 3.71. The number of likely N-dealkylation sites (tertiary alicyclic amines) is 1. The number of nitrogens with zero attached hydrogens (tertiary/aromatic N) is 6. The van der Waals surface area contributed by atoms with E-state index in [1.165, 1.54) is 12.1 Å². The highest BCUT2D eigenvalue weighted by atomic mass is 19.1. The molecule has 1 aliphatic heterocycles. The van der Waals surface area contributed by atoms with Crippen molar-refractivity contribution in [3.63, 3.8) is 0 Å². The SMILES string of the molecule is CNc1cn2nc(-c3c(-c4ccc(F)cc4)ncn3C3CCN(C)CC3)ccc2n1. The second kappa shape index (κ2) is 7.53. The van der Waals surface area contributed by atoms with Crippen molar-refractivity contribution >= 4 is 11.5 Å². The second-order valence-corrected chi connectivity index (χ2v) is 7.79. The number of benzene rings is 1. The Kier molecular flexibility index (Phi) is 4.71. The smallest absolute Gasteiger partial charge is 0.156 e. The van der Waals surface area contributed by atoms with Crippen molar-refractivity contribution in [1.29, 1.82) is 0 Å². The summed E-state index contributed by atoms with van der Waals surface area (Å²) in [5, 5.41) is 7.88. The summed E-state index contributed by atoms with van der Waals surface area (Å²) in [4.78, 5) is 11.6. The largest absolute Gasteiger partial charge is 0.372 e. The summed E-state index contributed by atoms with van der Waals surface area (Å²) in [6, 6.07) is 10.8. The molecule has 1 fully saturated rings. The topological polar surface area (TPSA) is 63.3 Å². The molecule has 5 rings (SSSR count). The highest BCUT2D eigenvalue weighted by molar-refractivity contribution is 5.77. The highest BCUT2D eigenvalue weighted by Gasteiger charge is 2.25. The highest BCUT2D eigenvalue weighted by Crippen LogP contribution is 2.35. The molecule has 8 heteroatoms. The van der Waals surface area contributed by atoms with Gasteiger partial charge < -0.3 is 14.8 Å². The predicted molar refractivity (Wildman–Crippen MR) is 115 cm³/mol. The number of imidazole rings is 2. The van der Waals surface area contributed by atoms with Gasteiger partial charge in [0.1, 0.15) is 17.3 Å². The van der Waals surface area contributed by atoms with Crippen molar-refractivity contribution in [2.24, 2.45) is 0 Å². The van der Waals surface area contributed by atoms with Gasteiger partial charge >= 0.3 is 0 Å². The quantitative estimate of drug-likeness (QED) is 0.561. The fourth-order valence-electron chi connectivity index (χ4n) is 4.11. The van der Waals surface area contributed by atoms with E-state index in [0.29, 0.717) is 6.04 Å². The van der Waals surface area contributed by atoms with Gasteiger partial charge in [-0.3, -0.25) is 0 Å². The maximum absolute atomic E-state index is 13.5. The summed E-state index contributed by atoms with van der Waals surface area (Å²) in [5.41, 5.74) is 4.24. The molecule has 0 atom stereocenters. The van der Waals surface area contributed by atoms with Crippen molar-refractivity contribution in [2.45, 2.75) is 18.9 Å². The van der Waals surface area contributed by atoms with E-state index in [2.05, 4.69) is 26.8 Å². The lowest BCUT2D eigenvalue weighted by Gasteiger charge is -2.30. The standard InChI is InChI=1S/C22H24FN7/c1-24-19-13-30-20(26-19)8-7-18(27-30)22-21(15-3-5-16(23)6-4-15)25-14-29(22)17-9-11-28(2)12-10-17/h3-8,13-14,17,24H,9-12H2,1-2H3. The number of aromatic nitrogens is 5. The third-order valence-corrected chi connectivity index (χ3v) is 5.81. The van der Waals surface area contributed by atoms with E-state index in [1.807, 2.05) is 31.7 Å². The van der Waals surface area contributed by atoms with Crippen molar-refractivity contribution in [1.82, 2.24) is 29.0 Å². The molecular weight excluding hydrogens is 381 g/mol. The van der Waals surface area contributed by atoms with Gasteiger partial charge in [-0.25, -0.2) is 18.9 Å². The molecule has 0 radical (unpaired) electrons. The van der Waals surface area contributed by atoms with Crippen molar-refractivity contribution in [2.75, 3.05) is 32.5 Å². The van der Waals surface area contributed by atoms with Gasteiger partial charge in [-0.1, -0.05) is 0 Å². The van der Waals surface area contributed by atoms with Crippen LogP contribution < -0.4 is 5.32 Å². The van der Waals surface area contributed by atoms with Gasteiger partial charge in [-0.05, 0) is 69.4 Å². The molecule has 4 heterocycles. The lowest BCUT2D eigenvalue weighted by Crippen LogP contribution is -2.31. The second-order valence-electron chi connectivity index (χ2n) is 7.79. The first-order valence-electron chi connectivity index (χ1n) is 10.2. The molecule has 1 saturated heterocycles. The van der Waals surface area contributed by atoms with Gasteiger partial charge in [0.25, 0.3) is 0 Å². The molecule has 7 nitrogen and oxygen atoms in total. The van der Waals surface area contributed by atoms with E-state index < -0.39 is 0 Å². The average Bonchev–Trinajstić information content (AvgIpc) is 3.38. The normalized spacial score (nSPS) is 15.7. The van der Waals surface area contributed by atoms with E-state index in [4.69, 9.17) is 10.1 Å². The summed E-state index contributed by atoms with van der Waals surface area (Å²) >= 11 is 0. The Bertz CT molecular complexity index is 1170. The molecular formula is C22H24FN7. The third-order valence-electron chi connectivity index (χ3n) is 5.81. The van der Waals surface area contributed by atoms with Gasteiger partial charge in [0.2, 0.25) is 0 Å². The zero-order valence-corrected chi connectivity index (χ0v) is 17.1. The van der Waals surface area contributed by atoms with Crippen LogP contribution in [0.15, 0.2) is 48.9 Å². The molecule has 4 aromatic rings. The summed E-state index contributed by atoms with van der Waals surface area (Å²) in [6.45, 7) is 2.10. The van der Waals surface area contributed by atoms with Gasteiger partial charge in [-0.2, -0.15) is 5.10 Å². The molecule has 0 unspecified atom stereocenters. The number of rotatable bonds is 4. The minimum atomic E-state index is -0.257. The maximum Gasteiger partial charge on any atom is 0.156 e. The Morgan fingerprint density at radius 1 is 1.07 bits per heavy atom. The number of anilines is 1. The lowest BCUT2D eigenvalue weighted by molar-refractivity contribution is 0.222. The number of halogens is 1. The summed E-state index contributed by atoms with van der Waals surface area (Å²) in [5.74, 6) is 0.509. The van der Waals surface area contributed by atoms with E-state index in [-0.39, 0.29) is 5.82 Å². The lowest BCUT2D eigenvalue weighted by atomic mass is 10.0. The summed E-state index contributed by atoms with van der Waals surface area (Å²) in [7, 11) is 3.99. The first-order valence-corrected chi connectivity index (χ1v) is 10.2. The summed E-state index contributed by atoms with van der Waals surface area (Å²) < 4.78 is 17.5. The number of fused-ring (bicyclic) bond motifs is 1. The molecule has 0 spiro atoms.